The number of anilines is 1. The standard InChI is InChI=1S/C17H18FN3OS/c1-21(2)16(22)13-5-9-15(10-6-13)20-17(23)19-11-12-3-7-14(18)8-4-12/h3-10H,11H2,1-2H3,(H2,19,20,23). The summed E-state index contributed by atoms with van der Waals surface area (Å²) in [5, 5.41) is 6.54. The largest absolute Gasteiger partial charge is 0.358 e. The Labute approximate surface area is 140 Å². The van der Waals surface area contributed by atoms with E-state index in [-0.39, 0.29) is 11.7 Å². The van der Waals surface area contributed by atoms with Gasteiger partial charge in [-0.2, -0.15) is 0 Å². The van der Waals surface area contributed by atoms with Gasteiger partial charge in [-0.25, -0.2) is 4.39 Å². The van der Waals surface area contributed by atoms with Crippen molar-refractivity contribution in [3.8, 4) is 0 Å². The van der Waals surface area contributed by atoms with Gasteiger partial charge in [-0.1, -0.05) is 12.1 Å². The van der Waals surface area contributed by atoms with Crippen molar-refractivity contribution in [2.24, 2.45) is 0 Å². The third-order valence-corrected chi connectivity index (χ3v) is 3.41. The van der Waals surface area contributed by atoms with Gasteiger partial charge in [-0.15, -0.1) is 0 Å². The smallest absolute Gasteiger partial charge is 0.253 e. The minimum absolute atomic E-state index is 0.0476. The third kappa shape index (κ3) is 5.03. The Bertz CT molecular complexity index is 684. The number of amides is 1. The van der Waals surface area contributed by atoms with Crippen LogP contribution in [0.1, 0.15) is 15.9 Å². The Balaban J connectivity index is 1.87. The highest BCUT2D eigenvalue weighted by Crippen LogP contribution is 2.11. The molecule has 23 heavy (non-hydrogen) atoms. The van der Waals surface area contributed by atoms with Crippen molar-refractivity contribution in [3.63, 3.8) is 0 Å². The molecule has 0 heterocycles. The number of benzene rings is 2. The Morgan fingerprint density at radius 2 is 1.70 bits per heavy atom. The van der Waals surface area contributed by atoms with Crippen LogP contribution in [-0.4, -0.2) is 30.0 Å². The van der Waals surface area contributed by atoms with E-state index in [2.05, 4.69) is 10.6 Å². The molecule has 0 saturated carbocycles. The molecule has 0 aromatic heterocycles. The van der Waals surface area contributed by atoms with Crippen LogP contribution in [0.2, 0.25) is 0 Å². The Kier molecular flexibility index (Phi) is 5.65. The van der Waals surface area contributed by atoms with Crippen LogP contribution in [0.25, 0.3) is 0 Å². The fourth-order valence-electron chi connectivity index (χ4n) is 1.91. The predicted molar refractivity (Wildman–Crippen MR) is 93.9 cm³/mol. The van der Waals surface area contributed by atoms with Crippen molar-refractivity contribution in [2.45, 2.75) is 6.54 Å². The Morgan fingerprint density at radius 1 is 1.09 bits per heavy atom. The van der Waals surface area contributed by atoms with Crippen molar-refractivity contribution < 1.29 is 9.18 Å². The molecule has 0 fully saturated rings. The minimum Gasteiger partial charge on any atom is -0.358 e. The molecule has 0 unspecified atom stereocenters. The van der Waals surface area contributed by atoms with Crippen molar-refractivity contribution >= 4 is 28.9 Å². The maximum atomic E-state index is 12.8. The topological polar surface area (TPSA) is 44.4 Å². The van der Waals surface area contributed by atoms with E-state index in [1.165, 1.54) is 17.0 Å². The summed E-state index contributed by atoms with van der Waals surface area (Å²) in [6.07, 6.45) is 0. The normalized spacial score (nSPS) is 10.0. The molecule has 2 N–H and O–H groups in total. The molecule has 0 radical (unpaired) electrons. The Hall–Kier alpha value is -2.47. The van der Waals surface area contributed by atoms with E-state index in [9.17, 15) is 9.18 Å². The molecule has 0 spiro atoms. The van der Waals surface area contributed by atoms with E-state index in [0.717, 1.165) is 11.3 Å². The number of thiocarbonyl (C=S) groups is 1. The molecule has 0 aliphatic rings. The van der Waals surface area contributed by atoms with Crippen molar-refractivity contribution in [2.75, 3.05) is 19.4 Å². The maximum absolute atomic E-state index is 12.8. The van der Waals surface area contributed by atoms with Crippen LogP contribution in [0.5, 0.6) is 0 Å². The number of halogens is 1. The lowest BCUT2D eigenvalue weighted by molar-refractivity contribution is 0.0827. The number of nitrogens with one attached hydrogen (secondary N) is 2. The van der Waals surface area contributed by atoms with E-state index in [1.54, 1.807) is 50.5 Å². The van der Waals surface area contributed by atoms with E-state index in [1.807, 2.05) is 0 Å². The van der Waals surface area contributed by atoms with Gasteiger partial charge in [0.15, 0.2) is 5.11 Å². The minimum atomic E-state index is -0.262. The molecule has 120 valence electrons. The molecule has 0 bridgehead atoms. The van der Waals surface area contributed by atoms with Gasteiger partial charge in [0.1, 0.15) is 5.82 Å². The average molecular weight is 331 g/mol. The van der Waals surface area contributed by atoms with Gasteiger partial charge in [0, 0.05) is 31.9 Å². The van der Waals surface area contributed by atoms with E-state index in [4.69, 9.17) is 12.2 Å². The summed E-state index contributed by atoms with van der Waals surface area (Å²) in [5.41, 5.74) is 2.34. The number of hydrogen-bond acceptors (Lipinski definition) is 2. The zero-order valence-electron chi connectivity index (χ0n) is 13.0. The van der Waals surface area contributed by atoms with Crippen LogP contribution in [0.4, 0.5) is 10.1 Å². The zero-order valence-corrected chi connectivity index (χ0v) is 13.8. The first-order valence-corrected chi connectivity index (χ1v) is 7.47. The Morgan fingerprint density at radius 3 is 2.26 bits per heavy atom. The molecule has 6 heteroatoms. The maximum Gasteiger partial charge on any atom is 0.253 e. The average Bonchev–Trinajstić information content (AvgIpc) is 2.54. The molecule has 0 aliphatic heterocycles. The van der Waals surface area contributed by atoms with E-state index >= 15 is 0 Å². The highest BCUT2D eigenvalue weighted by atomic mass is 32.1. The van der Waals surface area contributed by atoms with Crippen LogP contribution in [0, 0.1) is 5.82 Å². The quantitative estimate of drug-likeness (QED) is 0.846. The molecule has 2 aromatic carbocycles. The van der Waals surface area contributed by atoms with Crippen molar-refractivity contribution in [1.29, 1.82) is 0 Å². The van der Waals surface area contributed by atoms with Gasteiger partial charge >= 0.3 is 0 Å². The van der Waals surface area contributed by atoms with Gasteiger partial charge in [-0.3, -0.25) is 4.79 Å². The summed E-state index contributed by atoms with van der Waals surface area (Å²) >= 11 is 5.22. The van der Waals surface area contributed by atoms with Crippen molar-refractivity contribution in [1.82, 2.24) is 10.2 Å². The van der Waals surface area contributed by atoms with Crippen LogP contribution < -0.4 is 10.6 Å². The van der Waals surface area contributed by atoms with Crippen LogP contribution in [0.3, 0.4) is 0 Å². The van der Waals surface area contributed by atoms with Crippen LogP contribution in [-0.2, 0) is 6.54 Å². The summed E-state index contributed by atoms with van der Waals surface area (Å²) in [6.45, 7) is 0.503. The molecule has 2 aromatic rings. The lowest BCUT2D eigenvalue weighted by Gasteiger charge is -2.12. The van der Waals surface area contributed by atoms with E-state index in [0.29, 0.717) is 17.2 Å². The van der Waals surface area contributed by atoms with E-state index < -0.39 is 0 Å². The first-order valence-electron chi connectivity index (χ1n) is 7.07. The summed E-state index contributed by atoms with van der Waals surface area (Å²) in [7, 11) is 3.42. The highest BCUT2D eigenvalue weighted by Gasteiger charge is 2.07. The second kappa shape index (κ2) is 7.69. The van der Waals surface area contributed by atoms with Gasteiger partial charge < -0.3 is 15.5 Å². The number of nitrogens with zero attached hydrogens (tertiary/aromatic N) is 1. The lowest BCUT2D eigenvalue weighted by Crippen LogP contribution is -2.28. The molecule has 2 rings (SSSR count). The van der Waals surface area contributed by atoms with Gasteiger partial charge in [0.05, 0.1) is 0 Å². The fourth-order valence-corrected chi connectivity index (χ4v) is 2.10. The van der Waals surface area contributed by atoms with Gasteiger partial charge in [-0.05, 0) is 54.2 Å². The summed E-state index contributed by atoms with van der Waals surface area (Å²) in [4.78, 5) is 13.3. The predicted octanol–water partition coefficient (Wildman–Crippen LogP) is 3.01. The van der Waals surface area contributed by atoms with Crippen LogP contribution >= 0.6 is 12.2 Å². The van der Waals surface area contributed by atoms with Gasteiger partial charge in [0.25, 0.3) is 5.91 Å². The summed E-state index contributed by atoms with van der Waals surface area (Å²) in [6, 6.07) is 13.3. The number of carbonyl (C=O) groups excluding carboxylic acids is 1. The molecule has 4 nitrogen and oxygen atoms in total. The molecule has 1 amide bonds. The SMILES string of the molecule is CN(C)C(=O)c1ccc(NC(=S)NCc2ccc(F)cc2)cc1. The zero-order chi connectivity index (χ0) is 16.8. The molecule has 0 saturated heterocycles. The summed E-state index contributed by atoms with van der Waals surface area (Å²) < 4.78 is 12.8. The molecular weight excluding hydrogens is 313 g/mol. The molecule has 0 atom stereocenters. The monoisotopic (exact) mass is 331 g/mol. The third-order valence-electron chi connectivity index (χ3n) is 3.16. The van der Waals surface area contributed by atoms with Crippen molar-refractivity contribution in [3.05, 3.63) is 65.5 Å². The molecule has 0 aliphatic carbocycles. The van der Waals surface area contributed by atoms with Crippen LogP contribution in [0.15, 0.2) is 48.5 Å². The molecular formula is C17H18FN3OS. The highest BCUT2D eigenvalue weighted by molar-refractivity contribution is 7.80. The number of rotatable bonds is 4. The first-order chi connectivity index (χ1) is 11.0. The fraction of sp³-hybridized carbons (Fsp3) is 0.176. The lowest BCUT2D eigenvalue weighted by atomic mass is 10.2. The number of carbonyl (C=O) groups is 1. The second-order valence-electron chi connectivity index (χ2n) is 5.21. The van der Waals surface area contributed by atoms with Gasteiger partial charge in [0.2, 0.25) is 0 Å². The first kappa shape index (κ1) is 16.9. The summed E-state index contributed by atoms with van der Waals surface area (Å²) in [5.74, 6) is -0.310. The number of hydrogen-bond donors (Lipinski definition) is 2. The second-order valence-corrected chi connectivity index (χ2v) is 5.62.